The average Bonchev–Trinajstić information content (AvgIpc) is 2.49. The summed E-state index contributed by atoms with van der Waals surface area (Å²) in [5, 5.41) is 0.652. The van der Waals surface area contributed by atoms with Gasteiger partial charge in [-0.05, 0) is 43.5 Å². The van der Waals surface area contributed by atoms with Crippen LogP contribution >= 0.6 is 11.6 Å². The molecule has 21 heavy (non-hydrogen) atoms. The number of hydrogen-bond acceptors (Lipinski definition) is 3. The first-order valence-electron chi connectivity index (χ1n) is 7.89. The first-order valence-corrected chi connectivity index (χ1v) is 8.27. The molecule has 2 rings (SSSR count). The summed E-state index contributed by atoms with van der Waals surface area (Å²) in [6, 6.07) is 6.19. The van der Waals surface area contributed by atoms with Crippen LogP contribution in [0.3, 0.4) is 0 Å². The van der Waals surface area contributed by atoms with Gasteiger partial charge in [-0.3, -0.25) is 4.90 Å². The van der Waals surface area contributed by atoms with Gasteiger partial charge in [-0.1, -0.05) is 36.9 Å². The highest BCUT2D eigenvalue weighted by molar-refractivity contribution is 6.32. The van der Waals surface area contributed by atoms with Crippen molar-refractivity contribution < 1.29 is 4.74 Å². The van der Waals surface area contributed by atoms with E-state index in [4.69, 9.17) is 22.1 Å². The van der Waals surface area contributed by atoms with Crippen LogP contribution in [-0.2, 0) is 0 Å². The summed E-state index contributed by atoms with van der Waals surface area (Å²) in [6.07, 6.45) is 6.85. The van der Waals surface area contributed by atoms with Crippen molar-refractivity contribution in [1.82, 2.24) is 4.90 Å². The predicted octanol–water partition coefficient (Wildman–Crippen LogP) is 3.86. The molecular formula is C17H27ClN2O. The van der Waals surface area contributed by atoms with Gasteiger partial charge in [0.15, 0.2) is 0 Å². The van der Waals surface area contributed by atoms with Gasteiger partial charge in [0.2, 0.25) is 0 Å². The highest BCUT2D eigenvalue weighted by Gasteiger charge is 2.21. The van der Waals surface area contributed by atoms with Crippen molar-refractivity contribution in [2.75, 3.05) is 27.2 Å². The molecule has 1 aromatic rings. The van der Waals surface area contributed by atoms with E-state index in [-0.39, 0.29) is 6.04 Å². The number of likely N-dealkylation sites (N-methyl/N-ethyl adjacent to an activating group) is 1. The summed E-state index contributed by atoms with van der Waals surface area (Å²) in [4.78, 5) is 2.38. The number of nitrogens with zero attached hydrogens (tertiary/aromatic N) is 1. The Labute approximate surface area is 133 Å². The van der Waals surface area contributed by atoms with Crippen LogP contribution in [-0.4, -0.2) is 32.1 Å². The summed E-state index contributed by atoms with van der Waals surface area (Å²) in [7, 11) is 3.81. The van der Waals surface area contributed by atoms with Crippen LogP contribution < -0.4 is 10.5 Å². The van der Waals surface area contributed by atoms with E-state index in [0.29, 0.717) is 17.3 Å². The Kier molecular flexibility index (Phi) is 6.34. The number of halogens is 1. The average molecular weight is 311 g/mol. The van der Waals surface area contributed by atoms with E-state index in [1.54, 1.807) is 7.11 Å². The Bertz CT molecular complexity index is 446. The number of ether oxygens (including phenoxy) is 1. The number of hydrogen-bond donors (Lipinski definition) is 1. The van der Waals surface area contributed by atoms with Gasteiger partial charge in [0.25, 0.3) is 0 Å². The van der Waals surface area contributed by atoms with E-state index in [0.717, 1.165) is 12.5 Å². The zero-order valence-corrected chi connectivity index (χ0v) is 13.9. The standard InChI is InChI=1S/C17H27ClN2O/c1-20(12-13-6-4-3-5-7-13)16(11-19)14-8-9-17(21-2)15(18)10-14/h8-10,13,16H,3-7,11-12,19H2,1-2H3. The van der Waals surface area contributed by atoms with E-state index >= 15 is 0 Å². The molecule has 1 saturated carbocycles. The molecule has 118 valence electrons. The van der Waals surface area contributed by atoms with Crippen LogP contribution in [0.5, 0.6) is 5.75 Å². The first-order chi connectivity index (χ1) is 10.2. The molecule has 0 aromatic heterocycles. The van der Waals surface area contributed by atoms with Crippen molar-refractivity contribution in [1.29, 1.82) is 0 Å². The second kappa shape index (κ2) is 8.02. The zero-order valence-electron chi connectivity index (χ0n) is 13.1. The molecule has 1 fully saturated rings. The van der Waals surface area contributed by atoms with Crippen LogP contribution in [0.25, 0.3) is 0 Å². The van der Waals surface area contributed by atoms with Gasteiger partial charge in [-0.15, -0.1) is 0 Å². The van der Waals surface area contributed by atoms with Gasteiger partial charge in [-0.2, -0.15) is 0 Å². The van der Waals surface area contributed by atoms with E-state index in [9.17, 15) is 0 Å². The Morgan fingerprint density at radius 2 is 2.05 bits per heavy atom. The molecule has 0 amide bonds. The number of methoxy groups -OCH3 is 1. The van der Waals surface area contributed by atoms with Crippen LogP contribution in [0, 0.1) is 5.92 Å². The molecule has 1 aliphatic carbocycles. The predicted molar refractivity (Wildman–Crippen MR) is 89.0 cm³/mol. The lowest BCUT2D eigenvalue weighted by Gasteiger charge is -2.32. The summed E-state index contributed by atoms with van der Waals surface area (Å²) in [6.45, 7) is 1.72. The zero-order chi connectivity index (χ0) is 15.2. The first kappa shape index (κ1) is 16.6. The summed E-state index contributed by atoms with van der Waals surface area (Å²) in [5.74, 6) is 1.53. The molecule has 3 nitrogen and oxygen atoms in total. The normalized spacial score (nSPS) is 18.0. The molecule has 4 heteroatoms. The largest absolute Gasteiger partial charge is 0.495 e. The van der Waals surface area contributed by atoms with E-state index in [1.165, 1.54) is 37.7 Å². The smallest absolute Gasteiger partial charge is 0.137 e. The fourth-order valence-electron chi connectivity index (χ4n) is 3.36. The topological polar surface area (TPSA) is 38.5 Å². The number of benzene rings is 1. The third kappa shape index (κ3) is 4.35. The summed E-state index contributed by atoms with van der Waals surface area (Å²) in [5.41, 5.74) is 7.18. The van der Waals surface area contributed by atoms with Gasteiger partial charge in [-0.25, -0.2) is 0 Å². The molecule has 1 unspecified atom stereocenters. The van der Waals surface area contributed by atoms with Crippen LogP contribution in [0.4, 0.5) is 0 Å². The van der Waals surface area contributed by atoms with Crippen molar-refractivity contribution in [3.63, 3.8) is 0 Å². The van der Waals surface area contributed by atoms with Crippen molar-refractivity contribution in [2.24, 2.45) is 11.7 Å². The van der Waals surface area contributed by atoms with Crippen LogP contribution in [0.1, 0.15) is 43.7 Å². The fourth-order valence-corrected chi connectivity index (χ4v) is 3.63. The molecular weight excluding hydrogens is 284 g/mol. The van der Waals surface area contributed by atoms with Crippen LogP contribution in [0.2, 0.25) is 5.02 Å². The van der Waals surface area contributed by atoms with Crippen molar-refractivity contribution in [3.8, 4) is 5.75 Å². The molecule has 0 aliphatic heterocycles. The van der Waals surface area contributed by atoms with Gasteiger partial charge in [0.1, 0.15) is 5.75 Å². The lowest BCUT2D eigenvalue weighted by atomic mass is 9.88. The second-order valence-electron chi connectivity index (χ2n) is 6.09. The van der Waals surface area contributed by atoms with E-state index in [1.807, 2.05) is 12.1 Å². The summed E-state index contributed by atoms with van der Waals surface area (Å²) >= 11 is 6.24. The molecule has 0 spiro atoms. The minimum Gasteiger partial charge on any atom is -0.495 e. The summed E-state index contributed by atoms with van der Waals surface area (Å²) < 4.78 is 5.22. The van der Waals surface area contributed by atoms with Crippen molar-refractivity contribution in [2.45, 2.75) is 38.1 Å². The lowest BCUT2D eigenvalue weighted by molar-refractivity contribution is 0.185. The number of nitrogens with two attached hydrogens (primary N) is 1. The molecule has 0 heterocycles. The molecule has 0 bridgehead atoms. The maximum absolute atomic E-state index is 6.24. The highest BCUT2D eigenvalue weighted by Crippen LogP contribution is 2.31. The number of rotatable bonds is 6. The van der Waals surface area contributed by atoms with Gasteiger partial charge < -0.3 is 10.5 Å². The Morgan fingerprint density at radius 3 is 2.62 bits per heavy atom. The lowest BCUT2D eigenvalue weighted by Crippen LogP contribution is -2.34. The minimum absolute atomic E-state index is 0.218. The molecule has 1 aliphatic rings. The fraction of sp³-hybridized carbons (Fsp3) is 0.647. The molecule has 0 saturated heterocycles. The van der Waals surface area contributed by atoms with Gasteiger partial charge in [0.05, 0.1) is 12.1 Å². The van der Waals surface area contributed by atoms with E-state index < -0.39 is 0 Å². The SMILES string of the molecule is COc1ccc(C(CN)N(C)CC2CCCCC2)cc1Cl. The maximum Gasteiger partial charge on any atom is 0.137 e. The van der Waals surface area contributed by atoms with Crippen molar-refractivity contribution >= 4 is 11.6 Å². The van der Waals surface area contributed by atoms with E-state index in [2.05, 4.69) is 18.0 Å². The van der Waals surface area contributed by atoms with Crippen molar-refractivity contribution in [3.05, 3.63) is 28.8 Å². The molecule has 0 radical (unpaired) electrons. The highest BCUT2D eigenvalue weighted by atomic mass is 35.5. The maximum atomic E-state index is 6.24. The van der Waals surface area contributed by atoms with Crippen LogP contribution in [0.15, 0.2) is 18.2 Å². The Hall–Kier alpha value is -0.770. The third-order valence-corrected chi connectivity index (χ3v) is 4.88. The molecule has 2 N–H and O–H groups in total. The van der Waals surface area contributed by atoms with Gasteiger partial charge >= 0.3 is 0 Å². The minimum atomic E-state index is 0.218. The quantitative estimate of drug-likeness (QED) is 0.867. The second-order valence-corrected chi connectivity index (χ2v) is 6.50. The Morgan fingerprint density at radius 1 is 1.33 bits per heavy atom. The molecule has 1 atom stereocenters. The monoisotopic (exact) mass is 310 g/mol. The van der Waals surface area contributed by atoms with Gasteiger partial charge in [0, 0.05) is 19.1 Å². The Balaban J connectivity index is 2.05. The molecule has 1 aromatic carbocycles. The third-order valence-electron chi connectivity index (χ3n) is 4.59.